The van der Waals surface area contributed by atoms with Crippen molar-refractivity contribution in [2.75, 3.05) is 12.4 Å². The molecule has 1 aromatic heterocycles. The Bertz CT molecular complexity index is 653. The van der Waals surface area contributed by atoms with Gasteiger partial charge in [0.25, 0.3) is 0 Å². The average Bonchev–Trinajstić information content (AvgIpc) is 2.82. The number of nitrogens with one attached hydrogen (secondary N) is 2. The van der Waals surface area contributed by atoms with Gasteiger partial charge < -0.3 is 10.3 Å². The maximum atomic E-state index is 3.30. The lowest BCUT2D eigenvalue weighted by molar-refractivity contribution is 1.47. The molecule has 0 amide bonds. The fourth-order valence-electron chi connectivity index (χ4n) is 2.15. The topological polar surface area (TPSA) is 27.8 Å². The van der Waals surface area contributed by atoms with Crippen LogP contribution in [0.2, 0.25) is 0 Å². The van der Waals surface area contributed by atoms with Crippen molar-refractivity contribution in [1.29, 1.82) is 0 Å². The predicted octanol–water partition coefficient (Wildman–Crippen LogP) is 3.88. The van der Waals surface area contributed by atoms with Crippen LogP contribution in [-0.4, -0.2) is 12.0 Å². The zero-order valence-electron chi connectivity index (χ0n) is 9.70. The van der Waals surface area contributed by atoms with Gasteiger partial charge in [0.15, 0.2) is 0 Å². The third-order valence-corrected chi connectivity index (χ3v) is 3.05. The molecule has 0 spiro atoms. The number of anilines is 1. The van der Waals surface area contributed by atoms with Crippen molar-refractivity contribution >= 4 is 16.6 Å². The SMILES string of the molecule is CNc1cccc(-c2c[nH]c3ccccc23)c1. The molecule has 0 aliphatic heterocycles. The van der Waals surface area contributed by atoms with Crippen LogP contribution in [0, 0.1) is 0 Å². The van der Waals surface area contributed by atoms with E-state index in [0.717, 1.165) is 5.69 Å². The van der Waals surface area contributed by atoms with Crippen LogP contribution in [0.3, 0.4) is 0 Å². The van der Waals surface area contributed by atoms with E-state index in [1.54, 1.807) is 0 Å². The van der Waals surface area contributed by atoms with Crippen molar-refractivity contribution < 1.29 is 0 Å². The number of hydrogen-bond acceptors (Lipinski definition) is 1. The lowest BCUT2D eigenvalue weighted by Crippen LogP contribution is -1.87. The summed E-state index contributed by atoms with van der Waals surface area (Å²) in [6.07, 6.45) is 2.07. The summed E-state index contributed by atoms with van der Waals surface area (Å²) in [5, 5.41) is 4.43. The number of benzene rings is 2. The normalized spacial score (nSPS) is 10.6. The summed E-state index contributed by atoms with van der Waals surface area (Å²) in [7, 11) is 1.94. The molecule has 0 atom stereocenters. The molecule has 2 heteroatoms. The van der Waals surface area contributed by atoms with E-state index in [1.165, 1.54) is 22.0 Å². The molecule has 0 fully saturated rings. The summed E-state index contributed by atoms with van der Waals surface area (Å²) >= 11 is 0. The fraction of sp³-hybridized carbons (Fsp3) is 0.0667. The van der Waals surface area contributed by atoms with E-state index < -0.39 is 0 Å². The van der Waals surface area contributed by atoms with Crippen LogP contribution in [0.25, 0.3) is 22.0 Å². The summed E-state index contributed by atoms with van der Waals surface area (Å²) in [5.41, 5.74) is 4.79. The molecule has 2 nitrogen and oxygen atoms in total. The van der Waals surface area contributed by atoms with Crippen molar-refractivity contribution in [3.05, 3.63) is 54.7 Å². The van der Waals surface area contributed by atoms with Crippen LogP contribution in [0.4, 0.5) is 5.69 Å². The predicted molar refractivity (Wildman–Crippen MR) is 73.3 cm³/mol. The maximum Gasteiger partial charge on any atom is 0.0460 e. The molecule has 0 saturated carbocycles. The molecule has 0 aliphatic carbocycles. The van der Waals surface area contributed by atoms with Gasteiger partial charge in [-0.3, -0.25) is 0 Å². The Morgan fingerprint density at radius 1 is 1.00 bits per heavy atom. The highest BCUT2D eigenvalue weighted by Crippen LogP contribution is 2.29. The second kappa shape index (κ2) is 3.98. The van der Waals surface area contributed by atoms with E-state index in [-0.39, 0.29) is 0 Å². The monoisotopic (exact) mass is 222 g/mol. The van der Waals surface area contributed by atoms with E-state index in [1.807, 2.05) is 13.1 Å². The van der Waals surface area contributed by atoms with Crippen LogP contribution in [0.15, 0.2) is 54.7 Å². The summed E-state index contributed by atoms with van der Waals surface area (Å²) < 4.78 is 0. The molecule has 2 N–H and O–H groups in total. The van der Waals surface area contributed by atoms with Gasteiger partial charge >= 0.3 is 0 Å². The first-order valence-electron chi connectivity index (χ1n) is 5.73. The molecule has 0 saturated heterocycles. The van der Waals surface area contributed by atoms with Gasteiger partial charge in [-0.1, -0.05) is 30.3 Å². The van der Waals surface area contributed by atoms with E-state index in [2.05, 4.69) is 59.0 Å². The van der Waals surface area contributed by atoms with Gasteiger partial charge in [-0.25, -0.2) is 0 Å². The second-order valence-electron chi connectivity index (χ2n) is 4.08. The lowest BCUT2D eigenvalue weighted by atomic mass is 10.0. The molecular formula is C15H14N2. The minimum Gasteiger partial charge on any atom is -0.388 e. The number of fused-ring (bicyclic) bond motifs is 1. The zero-order valence-corrected chi connectivity index (χ0v) is 9.70. The third-order valence-electron chi connectivity index (χ3n) is 3.05. The second-order valence-corrected chi connectivity index (χ2v) is 4.08. The van der Waals surface area contributed by atoms with E-state index in [0.29, 0.717) is 0 Å². The van der Waals surface area contributed by atoms with Crippen molar-refractivity contribution in [2.45, 2.75) is 0 Å². The largest absolute Gasteiger partial charge is 0.388 e. The Kier molecular flexibility index (Phi) is 2.33. The quantitative estimate of drug-likeness (QED) is 0.676. The van der Waals surface area contributed by atoms with Crippen LogP contribution >= 0.6 is 0 Å². The molecule has 3 rings (SSSR count). The third kappa shape index (κ3) is 1.68. The number of H-pyrrole nitrogens is 1. The number of para-hydroxylation sites is 1. The van der Waals surface area contributed by atoms with Crippen LogP contribution < -0.4 is 5.32 Å². The number of aromatic amines is 1. The first kappa shape index (κ1) is 9.97. The molecule has 0 unspecified atom stereocenters. The van der Waals surface area contributed by atoms with Gasteiger partial charge in [0.2, 0.25) is 0 Å². The first-order chi connectivity index (χ1) is 8.38. The van der Waals surface area contributed by atoms with Gasteiger partial charge in [0.05, 0.1) is 0 Å². The Morgan fingerprint density at radius 2 is 1.88 bits per heavy atom. The van der Waals surface area contributed by atoms with E-state index >= 15 is 0 Å². The molecule has 0 aliphatic rings. The van der Waals surface area contributed by atoms with Crippen LogP contribution in [0.5, 0.6) is 0 Å². The summed E-state index contributed by atoms with van der Waals surface area (Å²) in [6, 6.07) is 16.8. The molecule has 0 radical (unpaired) electrons. The van der Waals surface area contributed by atoms with Crippen LogP contribution in [0.1, 0.15) is 0 Å². The van der Waals surface area contributed by atoms with Crippen LogP contribution in [-0.2, 0) is 0 Å². The van der Waals surface area contributed by atoms with Crippen molar-refractivity contribution in [3.8, 4) is 11.1 Å². The van der Waals surface area contributed by atoms with Gasteiger partial charge in [-0.05, 0) is 23.8 Å². The molecule has 84 valence electrons. The molecule has 0 bridgehead atoms. The Balaban J connectivity index is 2.20. The molecule has 1 heterocycles. The molecule has 17 heavy (non-hydrogen) atoms. The van der Waals surface area contributed by atoms with Gasteiger partial charge in [-0.15, -0.1) is 0 Å². The fourth-order valence-corrected chi connectivity index (χ4v) is 2.15. The smallest absolute Gasteiger partial charge is 0.0460 e. The van der Waals surface area contributed by atoms with Gasteiger partial charge in [0, 0.05) is 35.4 Å². The lowest BCUT2D eigenvalue weighted by Gasteiger charge is -2.03. The number of aromatic nitrogens is 1. The average molecular weight is 222 g/mol. The summed E-state index contributed by atoms with van der Waals surface area (Å²) in [5.74, 6) is 0. The van der Waals surface area contributed by atoms with Gasteiger partial charge in [-0.2, -0.15) is 0 Å². The number of hydrogen-bond donors (Lipinski definition) is 2. The standard InChI is InChI=1S/C15H14N2/c1-16-12-6-4-5-11(9-12)14-10-17-15-8-3-2-7-13(14)15/h2-10,16-17H,1H3. The van der Waals surface area contributed by atoms with Crippen molar-refractivity contribution in [3.63, 3.8) is 0 Å². The Labute approximate surface area is 100 Å². The minimum atomic E-state index is 1.13. The summed E-state index contributed by atoms with van der Waals surface area (Å²) in [6.45, 7) is 0. The van der Waals surface area contributed by atoms with E-state index in [9.17, 15) is 0 Å². The zero-order chi connectivity index (χ0) is 11.7. The Hall–Kier alpha value is -2.22. The number of rotatable bonds is 2. The summed E-state index contributed by atoms with van der Waals surface area (Å²) in [4.78, 5) is 3.30. The highest BCUT2D eigenvalue weighted by atomic mass is 14.8. The highest BCUT2D eigenvalue weighted by Gasteiger charge is 2.05. The molecule has 3 aromatic rings. The highest BCUT2D eigenvalue weighted by molar-refractivity contribution is 5.95. The maximum absolute atomic E-state index is 3.30. The van der Waals surface area contributed by atoms with E-state index in [4.69, 9.17) is 0 Å². The van der Waals surface area contributed by atoms with Gasteiger partial charge in [0.1, 0.15) is 0 Å². The molecule has 2 aromatic carbocycles. The molecular weight excluding hydrogens is 208 g/mol. The Morgan fingerprint density at radius 3 is 2.76 bits per heavy atom. The van der Waals surface area contributed by atoms with Crippen molar-refractivity contribution in [2.24, 2.45) is 0 Å². The minimum absolute atomic E-state index is 1.13. The van der Waals surface area contributed by atoms with Crippen molar-refractivity contribution in [1.82, 2.24) is 4.98 Å². The first-order valence-corrected chi connectivity index (χ1v) is 5.73.